The van der Waals surface area contributed by atoms with Crippen molar-refractivity contribution in [2.45, 2.75) is 0 Å². The van der Waals surface area contributed by atoms with E-state index in [2.05, 4.69) is 0 Å². The van der Waals surface area contributed by atoms with Gasteiger partial charge in [-0.3, -0.25) is 10.1 Å². The van der Waals surface area contributed by atoms with E-state index in [1.165, 1.54) is 42.5 Å². The summed E-state index contributed by atoms with van der Waals surface area (Å²) in [6, 6.07) is 10.6. The second kappa shape index (κ2) is 5.83. The van der Waals surface area contributed by atoms with Crippen LogP contribution in [0.3, 0.4) is 0 Å². The van der Waals surface area contributed by atoms with Crippen molar-refractivity contribution >= 4 is 17.6 Å². The molecule has 0 spiro atoms. The Morgan fingerprint density at radius 3 is 2.48 bits per heavy atom. The molecule has 0 heterocycles. The van der Waals surface area contributed by atoms with Gasteiger partial charge in [0.1, 0.15) is 11.3 Å². The molecule has 2 aromatic carbocycles. The van der Waals surface area contributed by atoms with Crippen molar-refractivity contribution in [1.29, 1.82) is 0 Å². The number of ether oxygens (including phenoxy) is 1. The van der Waals surface area contributed by atoms with Gasteiger partial charge in [0.25, 0.3) is 5.69 Å². The Hall–Kier alpha value is -3.22. The fraction of sp³-hybridized carbons (Fsp3) is 0. The van der Waals surface area contributed by atoms with Gasteiger partial charge < -0.3 is 9.84 Å². The summed E-state index contributed by atoms with van der Waals surface area (Å²) in [6.07, 6.45) is 0. The molecule has 7 nitrogen and oxygen atoms in total. The van der Waals surface area contributed by atoms with Gasteiger partial charge in [0.05, 0.1) is 10.5 Å². The van der Waals surface area contributed by atoms with Crippen LogP contribution in [-0.2, 0) is 0 Å². The summed E-state index contributed by atoms with van der Waals surface area (Å²) in [6.45, 7) is 0. The maximum Gasteiger partial charge on any atom is 0.343 e. The molecule has 0 amide bonds. The maximum atomic E-state index is 11.9. The average Bonchev–Trinajstić information content (AvgIpc) is 2.47. The van der Waals surface area contributed by atoms with Crippen LogP contribution in [0.5, 0.6) is 5.75 Å². The summed E-state index contributed by atoms with van der Waals surface area (Å²) in [4.78, 5) is 32.9. The Balaban J connectivity index is 2.28. The molecule has 0 saturated carbocycles. The van der Waals surface area contributed by atoms with Crippen LogP contribution in [0, 0.1) is 10.1 Å². The molecule has 0 aromatic heterocycles. The van der Waals surface area contributed by atoms with Gasteiger partial charge in [0, 0.05) is 12.1 Å². The average molecular weight is 287 g/mol. The first-order valence-electron chi connectivity index (χ1n) is 5.78. The van der Waals surface area contributed by atoms with Crippen molar-refractivity contribution in [2.24, 2.45) is 0 Å². The highest BCUT2D eigenvalue weighted by molar-refractivity contribution is 5.95. The molecule has 21 heavy (non-hydrogen) atoms. The Morgan fingerprint density at radius 1 is 1.10 bits per heavy atom. The molecule has 2 rings (SSSR count). The number of carboxylic acid groups (broad SMARTS) is 1. The first-order chi connectivity index (χ1) is 9.99. The normalized spacial score (nSPS) is 9.90. The lowest BCUT2D eigenvalue weighted by Crippen LogP contribution is -2.11. The molecule has 0 unspecified atom stereocenters. The standard InChI is InChI=1S/C14H9NO6/c16-13(17)11-6-1-2-7-12(11)21-14(18)9-4-3-5-10(8-9)15(19)20/h1-8H,(H,16,17). The Morgan fingerprint density at radius 2 is 1.81 bits per heavy atom. The molecule has 0 atom stereocenters. The van der Waals surface area contributed by atoms with E-state index >= 15 is 0 Å². The lowest BCUT2D eigenvalue weighted by atomic mass is 10.2. The van der Waals surface area contributed by atoms with Crippen LogP contribution in [0.15, 0.2) is 48.5 Å². The number of benzene rings is 2. The van der Waals surface area contributed by atoms with Crippen molar-refractivity contribution in [3.63, 3.8) is 0 Å². The van der Waals surface area contributed by atoms with E-state index in [-0.39, 0.29) is 22.6 Å². The number of carbonyl (C=O) groups is 2. The molecular formula is C14H9NO6. The van der Waals surface area contributed by atoms with E-state index in [0.29, 0.717) is 0 Å². The van der Waals surface area contributed by atoms with Crippen molar-refractivity contribution in [3.8, 4) is 5.75 Å². The third-order valence-corrected chi connectivity index (χ3v) is 2.61. The number of carboxylic acids is 1. The molecule has 0 aliphatic heterocycles. The van der Waals surface area contributed by atoms with Gasteiger partial charge >= 0.3 is 11.9 Å². The zero-order valence-corrected chi connectivity index (χ0v) is 10.6. The fourth-order valence-corrected chi connectivity index (χ4v) is 1.64. The number of esters is 1. The molecule has 0 bridgehead atoms. The second-order valence-corrected chi connectivity index (χ2v) is 4.00. The van der Waals surface area contributed by atoms with Gasteiger partial charge in [-0.2, -0.15) is 0 Å². The van der Waals surface area contributed by atoms with Crippen LogP contribution in [0.1, 0.15) is 20.7 Å². The topological polar surface area (TPSA) is 107 Å². The predicted octanol–water partition coefficient (Wildman–Crippen LogP) is 2.51. The van der Waals surface area contributed by atoms with E-state index in [1.54, 1.807) is 0 Å². The molecule has 0 aliphatic carbocycles. The van der Waals surface area contributed by atoms with Gasteiger partial charge in [0.2, 0.25) is 0 Å². The van der Waals surface area contributed by atoms with Gasteiger partial charge in [-0.1, -0.05) is 18.2 Å². The van der Waals surface area contributed by atoms with Crippen molar-refractivity contribution < 1.29 is 24.4 Å². The highest BCUT2D eigenvalue weighted by Crippen LogP contribution is 2.20. The first kappa shape index (κ1) is 14.2. The van der Waals surface area contributed by atoms with E-state index in [0.717, 1.165) is 6.07 Å². The first-order valence-corrected chi connectivity index (χ1v) is 5.78. The summed E-state index contributed by atoms with van der Waals surface area (Å²) in [5, 5.41) is 19.6. The van der Waals surface area contributed by atoms with Crippen LogP contribution in [0.4, 0.5) is 5.69 Å². The monoisotopic (exact) mass is 287 g/mol. The van der Waals surface area contributed by atoms with E-state index in [4.69, 9.17) is 9.84 Å². The summed E-state index contributed by atoms with van der Waals surface area (Å²) >= 11 is 0. The molecule has 7 heteroatoms. The minimum Gasteiger partial charge on any atom is -0.478 e. The van der Waals surface area contributed by atoms with E-state index < -0.39 is 16.9 Å². The smallest absolute Gasteiger partial charge is 0.343 e. The minimum absolute atomic E-state index is 0.0376. The molecule has 0 radical (unpaired) electrons. The lowest BCUT2D eigenvalue weighted by Gasteiger charge is -2.07. The van der Waals surface area contributed by atoms with E-state index in [1.807, 2.05) is 0 Å². The fourth-order valence-electron chi connectivity index (χ4n) is 1.64. The van der Waals surface area contributed by atoms with Crippen molar-refractivity contribution in [3.05, 3.63) is 69.8 Å². The quantitative estimate of drug-likeness (QED) is 0.400. The van der Waals surface area contributed by atoms with Gasteiger partial charge in [-0.15, -0.1) is 0 Å². The van der Waals surface area contributed by atoms with Crippen LogP contribution in [-0.4, -0.2) is 22.0 Å². The molecule has 106 valence electrons. The highest BCUT2D eigenvalue weighted by atomic mass is 16.6. The number of nitrogens with zero attached hydrogens (tertiary/aromatic N) is 1. The van der Waals surface area contributed by atoms with Crippen LogP contribution < -0.4 is 4.74 Å². The third-order valence-electron chi connectivity index (χ3n) is 2.61. The number of hydrogen-bond donors (Lipinski definition) is 1. The number of carbonyl (C=O) groups excluding carboxylic acids is 1. The Kier molecular flexibility index (Phi) is 3.94. The SMILES string of the molecule is O=C(Oc1ccccc1C(=O)O)c1cccc([N+](=O)[O-])c1. The summed E-state index contributed by atoms with van der Waals surface area (Å²) in [5.41, 5.74) is -0.461. The van der Waals surface area contributed by atoms with Gasteiger partial charge in [0.15, 0.2) is 0 Å². The maximum absolute atomic E-state index is 11.9. The second-order valence-electron chi connectivity index (χ2n) is 4.00. The Bertz CT molecular complexity index is 725. The number of nitro groups is 1. The van der Waals surface area contributed by atoms with Crippen molar-refractivity contribution in [1.82, 2.24) is 0 Å². The summed E-state index contributed by atoms with van der Waals surface area (Å²) in [5.74, 6) is -2.23. The van der Waals surface area contributed by atoms with Crippen LogP contribution in [0.2, 0.25) is 0 Å². The molecule has 0 saturated heterocycles. The van der Waals surface area contributed by atoms with Crippen molar-refractivity contribution in [2.75, 3.05) is 0 Å². The predicted molar refractivity (Wildman–Crippen MR) is 71.5 cm³/mol. The number of non-ortho nitro benzene ring substituents is 1. The number of hydrogen-bond acceptors (Lipinski definition) is 5. The Labute approximate surface area is 118 Å². The number of aromatic carboxylic acids is 1. The summed E-state index contributed by atoms with van der Waals surface area (Å²) in [7, 11) is 0. The lowest BCUT2D eigenvalue weighted by molar-refractivity contribution is -0.384. The van der Waals surface area contributed by atoms with Gasteiger partial charge in [-0.05, 0) is 18.2 Å². The molecule has 0 fully saturated rings. The molecule has 0 aliphatic rings. The molecular weight excluding hydrogens is 278 g/mol. The molecule has 1 N–H and O–H groups in total. The zero-order valence-electron chi connectivity index (χ0n) is 10.6. The third kappa shape index (κ3) is 3.21. The summed E-state index contributed by atoms with van der Waals surface area (Å²) < 4.78 is 4.99. The highest BCUT2D eigenvalue weighted by Gasteiger charge is 2.17. The number of para-hydroxylation sites is 1. The number of rotatable bonds is 4. The number of nitro benzene ring substituents is 1. The van der Waals surface area contributed by atoms with Crippen LogP contribution >= 0.6 is 0 Å². The minimum atomic E-state index is -1.24. The largest absolute Gasteiger partial charge is 0.478 e. The van der Waals surface area contributed by atoms with Crippen LogP contribution in [0.25, 0.3) is 0 Å². The zero-order chi connectivity index (χ0) is 15.4. The molecule has 2 aromatic rings. The van der Waals surface area contributed by atoms with Gasteiger partial charge in [-0.25, -0.2) is 9.59 Å². The van der Waals surface area contributed by atoms with E-state index in [9.17, 15) is 19.7 Å².